The van der Waals surface area contributed by atoms with Gasteiger partial charge in [-0.1, -0.05) is 31.9 Å². The number of halogens is 1. The van der Waals surface area contributed by atoms with Gasteiger partial charge in [0, 0.05) is 12.6 Å². The fraction of sp³-hybridized carbons (Fsp3) is 0.600. The highest BCUT2D eigenvalue weighted by atomic mass is 19.1. The van der Waals surface area contributed by atoms with Gasteiger partial charge in [-0.3, -0.25) is 0 Å². The Morgan fingerprint density at radius 3 is 2.94 bits per heavy atom. The first-order chi connectivity index (χ1) is 8.75. The zero-order valence-electron chi connectivity index (χ0n) is 11.0. The topological polar surface area (TPSA) is 21.3 Å². The van der Waals surface area contributed by atoms with E-state index in [1.165, 1.54) is 31.7 Å². The molecular weight excluding hydrogens is 229 g/mol. The van der Waals surface area contributed by atoms with E-state index in [9.17, 15) is 4.39 Å². The molecule has 1 saturated carbocycles. The van der Waals surface area contributed by atoms with Crippen molar-refractivity contribution >= 4 is 0 Å². The van der Waals surface area contributed by atoms with Crippen LogP contribution >= 0.6 is 0 Å². The molecule has 2 nitrogen and oxygen atoms in total. The highest BCUT2D eigenvalue weighted by Gasteiger charge is 2.17. The molecule has 1 N–H and O–H groups in total. The zero-order valence-corrected chi connectivity index (χ0v) is 11.0. The van der Waals surface area contributed by atoms with Crippen LogP contribution in [-0.4, -0.2) is 19.2 Å². The lowest BCUT2D eigenvalue weighted by Gasteiger charge is -2.27. The lowest BCUT2D eigenvalue weighted by atomic mass is 9.87. The predicted octanol–water partition coefficient (Wildman–Crippen LogP) is 3.37. The molecule has 1 aliphatic carbocycles. The molecule has 0 spiro atoms. The molecule has 1 aromatic rings. The van der Waals surface area contributed by atoms with Crippen molar-refractivity contribution in [3.63, 3.8) is 0 Å². The Morgan fingerprint density at radius 1 is 1.33 bits per heavy atom. The fourth-order valence-electron chi connectivity index (χ4n) is 2.61. The molecule has 0 aliphatic heterocycles. The summed E-state index contributed by atoms with van der Waals surface area (Å²) in [5, 5.41) is 3.49. The fourth-order valence-corrected chi connectivity index (χ4v) is 2.61. The van der Waals surface area contributed by atoms with Crippen molar-refractivity contribution in [1.29, 1.82) is 0 Å². The molecule has 0 amide bonds. The first-order valence-electron chi connectivity index (χ1n) is 6.86. The molecule has 2 unspecified atom stereocenters. The summed E-state index contributed by atoms with van der Waals surface area (Å²) in [5.41, 5.74) is 0. The molecule has 0 saturated heterocycles. The lowest BCUT2D eigenvalue weighted by molar-refractivity contribution is 0.260. The molecule has 1 aromatic carbocycles. The summed E-state index contributed by atoms with van der Waals surface area (Å²) in [7, 11) is 0. The summed E-state index contributed by atoms with van der Waals surface area (Å²) >= 11 is 0. The molecule has 1 aliphatic rings. The predicted molar refractivity (Wildman–Crippen MR) is 71.3 cm³/mol. The Kier molecular flexibility index (Phi) is 5.00. The van der Waals surface area contributed by atoms with Gasteiger partial charge in [0.25, 0.3) is 0 Å². The van der Waals surface area contributed by atoms with Gasteiger partial charge in [-0.25, -0.2) is 4.39 Å². The van der Waals surface area contributed by atoms with Crippen LogP contribution in [0.5, 0.6) is 5.75 Å². The maximum absolute atomic E-state index is 13.3. The van der Waals surface area contributed by atoms with Gasteiger partial charge in [0.1, 0.15) is 6.61 Å². The van der Waals surface area contributed by atoms with Crippen molar-refractivity contribution < 1.29 is 9.13 Å². The third kappa shape index (κ3) is 3.98. The lowest BCUT2D eigenvalue weighted by Crippen LogP contribution is -2.36. The normalized spacial score (nSPS) is 23.9. The van der Waals surface area contributed by atoms with E-state index in [2.05, 4.69) is 12.2 Å². The molecule has 18 heavy (non-hydrogen) atoms. The van der Waals surface area contributed by atoms with Crippen LogP contribution < -0.4 is 10.1 Å². The van der Waals surface area contributed by atoms with E-state index in [1.807, 2.05) is 0 Å². The van der Waals surface area contributed by atoms with Crippen LogP contribution in [-0.2, 0) is 0 Å². The molecule has 3 heteroatoms. The van der Waals surface area contributed by atoms with Crippen LogP contribution in [0.15, 0.2) is 24.3 Å². The first-order valence-corrected chi connectivity index (χ1v) is 6.86. The third-order valence-corrected chi connectivity index (χ3v) is 3.57. The van der Waals surface area contributed by atoms with Gasteiger partial charge >= 0.3 is 0 Å². The Balaban J connectivity index is 1.65. The molecule has 100 valence electrons. The standard InChI is InChI=1S/C15H22FNO/c1-12-5-4-6-13(11-12)17-9-10-18-15-8-3-2-7-14(15)16/h2-3,7-8,12-13,17H,4-6,9-11H2,1H3. The summed E-state index contributed by atoms with van der Waals surface area (Å²) in [4.78, 5) is 0. The van der Waals surface area contributed by atoms with E-state index in [1.54, 1.807) is 18.2 Å². The van der Waals surface area contributed by atoms with Gasteiger partial charge in [-0.15, -0.1) is 0 Å². The highest BCUT2D eigenvalue weighted by Crippen LogP contribution is 2.23. The van der Waals surface area contributed by atoms with Crippen LogP contribution in [0.3, 0.4) is 0 Å². The molecule has 0 radical (unpaired) electrons. The summed E-state index contributed by atoms with van der Waals surface area (Å²) < 4.78 is 18.7. The average molecular weight is 251 g/mol. The number of nitrogens with one attached hydrogen (secondary N) is 1. The Morgan fingerprint density at radius 2 is 2.17 bits per heavy atom. The van der Waals surface area contributed by atoms with Gasteiger partial charge in [0.05, 0.1) is 0 Å². The molecule has 2 atom stereocenters. The van der Waals surface area contributed by atoms with E-state index in [-0.39, 0.29) is 5.82 Å². The van der Waals surface area contributed by atoms with E-state index in [0.29, 0.717) is 18.4 Å². The number of rotatable bonds is 5. The summed E-state index contributed by atoms with van der Waals surface area (Å²) in [5.74, 6) is 0.879. The van der Waals surface area contributed by atoms with Crippen molar-refractivity contribution in [3.05, 3.63) is 30.1 Å². The van der Waals surface area contributed by atoms with E-state index in [4.69, 9.17) is 4.74 Å². The Hall–Kier alpha value is -1.09. The van der Waals surface area contributed by atoms with Crippen LogP contribution in [0.4, 0.5) is 4.39 Å². The first kappa shape index (κ1) is 13.3. The molecule has 1 fully saturated rings. The van der Waals surface area contributed by atoms with Gasteiger partial charge in [-0.2, -0.15) is 0 Å². The molecule has 2 rings (SSSR count). The van der Waals surface area contributed by atoms with Gasteiger partial charge in [-0.05, 0) is 30.9 Å². The van der Waals surface area contributed by atoms with Crippen LogP contribution in [0.25, 0.3) is 0 Å². The number of para-hydroxylation sites is 1. The monoisotopic (exact) mass is 251 g/mol. The molecule has 0 heterocycles. The number of hydrogen-bond acceptors (Lipinski definition) is 2. The smallest absolute Gasteiger partial charge is 0.165 e. The second-order valence-corrected chi connectivity index (χ2v) is 5.20. The quantitative estimate of drug-likeness (QED) is 0.810. The summed E-state index contributed by atoms with van der Waals surface area (Å²) in [6.07, 6.45) is 5.17. The minimum atomic E-state index is -0.288. The van der Waals surface area contributed by atoms with Gasteiger partial charge < -0.3 is 10.1 Å². The van der Waals surface area contributed by atoms with Crippen molar-refractivity contribution in [3.8, 4) is 5.75 Å². The van der Waals surface area contributed by atoms with Gasteiger partial charge in [0.2, 0.25) is 0 Å². The maximum atomic E-state index is 13.3. The second kappa shape index (κ2) is 6.74. The minimum absolute atomic E-state index is 0.288. The average Bonchev–Trinajstić information content (AvgIpc) is 2.37. The van der Waals surface area contributed by atoms with Gasteiger partial charge in [0.15, 0.2) is 11.6 Å². The van der Waals surface area contributed by atoms with Crippen molar-refractivity contribution in [2.45, 2.75) is 38.6 Å². The molecular formula is C15H22FNO. The SMILES string of the molecule is CC1CCCC(NCCOc2ccccc2F)C1. The van der Waals surface area contributed by atoms with Crippen LogP contribution in [0, 0.1) is 11.7 Å². The Bertz CT molecular complexity index is 369. The van der Waals surface area contributed by atoms with Crippen LogP contribution in [0.1, 0.15) is 32.6 Å². The largest absolute Gasteiger partial charge is 0.489 e. The summed E-state index contributed by atoms with van der Waals surface area (Å²) in [6, 6.07) is 7.15. The Labute approximate surface area is 109 Å². The summed E-state index contributed by atoms with van der Waals surface area (Å²) in [6.45, 7) is 3.61. The molecule has 0 bridgehead atoms. The van der Waals surface area contributed by atoms with E-state index in [0.717, 1.165) is 12.5 Å². The minimum Gasteiger partial charge on any atom is -0.489 e. The number of hydrogen-bond donors (Lipinski definition) is 1. The van der Waals surface area contributed by atoms with E-state index < -0.39 is 0 Å². The highest BCUT2D eigenvalue weighted by molar-refractivity contribution is 5.23. The maximum Gasteiger partial charge on any atom is 0.165 e. The third-order valence-electron chi connectivity index (χ3n) is 3.57. The number of benzene rings is 1. The zero-order chi connectivity index (χ0) is 12.8. The number of ether oxygens (including phenoxy) is 1. The van der Waals surface area contributed by atoms with Crippen molar-refractivity contribution in [1.82, 2.24) is 5.32 Å². The second-order valence-electron chi connectivity index (χ2n) is 5.20. The van der Waals surface area contributed by atoms with Crippen LogP contribution in [0.2, 0.25) is 0 Å². The van der Waals surface area contributed by atoms with E-state index >= 15 is 0 Å². The molecule has 0 aromatic heterocycles. The van der Waals surface area contributed by atoms with Crippen molar-refractivity contribution in [2.75, 3.05) is 13.2 Å². The van der Waals surface area contributed by atoms with Crippen molar-refractivity contribution in [2.24, 2.45) is 5.92 Å².